The maximum absolute atomic E-state index is 12.6. The summed E-state index contributed by atoms with van der Waals surface area (Å²) in [6.45, 7) is -0.570. The van der Waals surface area contributed by atoms with E-state index in [9.17, 15) is 9.59 Å². The number of aliphatic hydroxyl groups is 1. The Morgan fingerprint density at radius 2 is 1.39 bits per heavy atom. The molecule has 0 heterocycles. The second-order valence-corrected chi connectivity index (χ2v) is 7.80. The van der Waals surface area contributed by atoms with Crippen molar-refractivity contribution in [3.63, 3.8) is 0 Å². The fraction of sp³-hybridized carbons (Fsp3) is 0.318. The summed E-state index contributed by atoms with van der Waals surface area (Å²) in [4.78, 5) is 24.0. The van der Waals surface area contributed by atoms with Crippen LogP contribution in [0, 0.1) is 11.3 Å². The van der Waals surface area contributed by atoms with Crippen LogP contribution in [-0.4, -0.2) is 29.0 Å². The summed E-state index contributed by atoms with van der Waals surface area (Å²) in [6.07, 6.45) is 1.47. The minimum atomic E-state index is -0.570. The van der Waals surface area contributed by atoms with Gasteiger partial charge in [-0.15, -0.1) is 0 Å². The maximum Gasteiger partial charge on any atom is 0.163 e. The average molecular weight is 420 g/mol. The van der Waals surface area contributed by atoms with E-state index < -0.39 is 6.61 Å². The van der Waals surface area contributed by atoms with Crippen molar-refractivity contribution in [1.82, 2.24) is 0 Å². The van der Waals surface area contributed by atoms with Gasteiger partial charge in [-0.3, -0.25) is 9.59 Å². The Hall–Kier alpha value is -2.01. The fourth-order valence-corrected chi connectivity index (χ4v) is 3.36. The van der Waals surface area contributed by atoms with Crippen LogP contribution in [0.5, 0.6) is 0 Å². The lowest BCUT2D eigenvalue weighted by molar-refractivity contribution is -0.120. The highest BCUT2D eigenvalue weighted by Crippen LogP contribution is 2.21. The largest absolute Gasteiger partial charge is 0.389 e. The van der Waals surface area contributed by atoms with E-state index in [-0.39, 0.29) is 29.6 Å². The van der Waals surface area contributed by atoms with Gasteiger partial charge in [-0.1, -0.05) is 47.5 Å². The van der Waals surface area contributed by atoms with Crippen LogP contribution in [0.4, 0.5) is 0 Å². The van der Waals surface area contributed by atoms with Gasteiger partial charge in [0.05, 0.1) is 0 Å². The highest BCUT2D eigenvalue weighted by atomic mass is 35.5. The van der Waals surface area contributed by atoms with Gasteiger partial charge in [-0.2, -0.15) is 0 Å². The van der Waals surface area contributed by atoms with E-state index in [1.807, 2.05) is 24.3 Å². The van der Waals surface area contributed by atoms with Gasteiger partial charge >= 0.3 is 0 Å². The molecule has 0 fully saturated rings. The molecule has 0 saturated heterocycles. The molecule has 0 aliphatic carbocycles. The second kappa shape index (κ2) is 11.1. The van der Waals surface area contributed by atoms with Crippen LogP contribution in [0.15, 0.2) is 48.5 Å². The third-order valence-electron chi connectivity index (χ3n) is 4.39. The van der Waals surface area contributed by atoms with E-state index in [4.69, 9.17) is 33.7 Å². The number of rotatable bonds is 11. The topological polar surface area (TPSA) is 78.2 Å². The van der Waals surface area contributed by atoms with Gasteiger partial charge < -0.3 is 10.5 Å². The van der Waals surface area contributed by atoms with E-state index >= 15 is 0 Å². The molecule has 1 atom stereocenters. The second-order valence-electron chi connectivity index (χ2n) is 6.92. The zero-order valence-electron chi connectivity index (χ0n) is 15.5. The average Bonchev–Trinajstić information content (AvgIpc) is 2.65. The van der Waals surface area contributed by atoms with Gasteiger partial charge in [-0.25, -0.2) is 0 Å². The molecule has 0 aliphatic rings. The predicted octanol–water partition coefficient (Wildman–Crippen LogP) is 4.72. The molecular formula is C22H23Cl2NO3. The molecule has 0 spiro atoms. The number of halogens is 2. The summed E-state index contributed by atoms with van der Waals surface area (Å²) in [5.41, 5.74) is 2.15. The summed E-state index contributed by atoms with van der Waals surface area (Å²) in [7, 11) is 0. The number of aliphatic hydroxyl groups excluding tert-OH is 1. The Labute approximate surface area is 175 Å². The summed E-state index contributed by atoms with van der Waals surface area (Å²) in [5, 5.41) is 18.2. The molecule has 148 valence electrons. The number of hydrogen-bond acceptors (Lipinski definition) is 4. The number of carbonyl (C=O) groups is 2. The number of hydrogen-bond donors (Lipinski definition) is 2. The van der Waals surface area contributed by atoms with Crippen molar-refractivity contribution in [3.05, 3.63) is 69.7 Å². The van der Waals surface area contributed by atoms with Gasteiger partial charge in [0.15, 0.2) is 5.78 Å². The first-order valence-electron chi connectivity index (χ1n) is 9.05. The predicted molar refractivity (Wildman–Crippen MR) is 112 cm³/mol. The highest BCUT2D eigenvalue weighted by molar-refractivity contribution is 6.30. The smallest absolute Gasteiger partial charge is 0.163 e. The highest BCUT2D eigenvalue weighted by Gasteiger charge is 2.18. The third-order valence-corrected chi connectivity index (χ3v) is 4.89. The Morgan fingerprint density at radius 1 is 0.857 bits per heavy atom. The zero-order chi connectivity index (χ0) is 20.5. The van der Waals surface area contributed by atoms with E-state index in [0.717, 1.165) is 11.1 Å². The normalized spacial score (nSPS) is 11.8. The molecule has 0 unspecified atom stereocenters. The van der Waals surface area contributed by atoms with Crippen molar-refractivity contribution in [1.29, 1.82) is 5.41 Å². The lowest BCUT2D eigenvalue weighted by Gasteiger charge is -2.17. The van der Waals surface area contributed by atoms with E-state index in [0.29, 0.717) is 35.7 Å². The minimum Gasteiger partial charge on any atom is -0.389 e. The number of carbonyl (C=O) groups excluding carboxylic acids is 2. The first-order chi connectivity index (χ1) is 13.4. The monoisotopic (exact) mass is 419 g/mol. The summed E-state index contributed by atoms with van der Waals surface area (Å²) in [5.74, 6) is -0.412. The molecule has 4 nitrogen and oxygen atoms in total. The first-order valence-corrected chi connectivity index (χ1v) is 9.80. The molecule has 2 rings (SSSR count). The molecule has 2 N–H and O–H groups in total. The van der Waals surface area contributed by atoms with Crippen LogP contribution in [0.2, 0.25) is 10.0 Å². The first kappa shape index (κ1) is 22.3. The van der Waals surface area contributed by atoms with Crippen LogP contribution in [0.3, 0.4) is 0 Å². The minimum absolute atomic E-state index is 0.0718. The van der Waals surface area contributed by atoms with Crippen LogP contribution in [0.1, 0.15) is 30.4 Å². The van der Waals surface area contributed by atoms with Crippen LogP contribution in [-0.2, 0) is 22.4 Å². The molecule has 2 aromatic rings. The third kappa shape index (κ3) is 7.93. The molecule has 0 amide bonds. The summed E-state index contributed by atoms with van der Waals surface area (Å²) in [6, 6.07) is 14.6. The lowest BCUT2D eigenvalue weighted by Crippen LogP contribution is -2.19. The number of benzene rings is 2. The Kier molecular flexibility index (Phi) is 8.84. The van der Waals surface area contributed by atoms with E-state index in [1.165, 1.54) is 0 Å². The van der Waals surface area contributed by atoms with Gasteiger partial charge in [0.25, 0.3) is 0 Å². The molecular weight excluding hydrogens is 397 g/mol. The van der Waals surface area contributed by atoms with Crippen molar-refractivity contribution in [2.24, 2.45) is 5.92 Å². The van der Waals surface area contributed by atoms with Crippen LogP contribution in [0.25, 0.3) is 0 Å². The Morgan fingerprint density at radius 3 is 1.93 bits per heavy atom. The fourth-order valence-electron chi connectivity index (χ4n) is 3.11. The van der Waals surface area contributed by atoms with Crippen molar-refractivity contribution in [2.45, 2.75) is 32.1 Å². The SMILES string of the molecule is N=C(CC(=O)CO)C[C@@H](CC(=O)Cc1ccc(Cl)cc1)Cc1ccc(Cl)cc1. The van der Waals surface area contributed by atoms with E-state index in [2.05, 4.69) is 0 Å². The molecule has 0 aliphatic heterocycles. The quantitative estimate of drug-likeness (QED) is 0.517. The van der Waals surface area contributed by atoms with Gasteiger partial charge in [0, 0.05) is 35.0 Å². The Balaban J connectivity index is 2.04. The lowest BCUT2D eigenvalue weighted by atomic mass is 9.87. The van der Waals surface area contributed by atoms with Crippen molar-refractivity contribution in [3.8, 4) is 0 Å². The van der Waals surface area contributed by atoms with Gasteiger partial charge in [0.1, 0.15) is 12.4 Å². The molecule has 2 aromatic carbocycles. The number of ketones is 2. The maximum atomic E-state index is 12.6. The molecule has 0 radical (unpaired) electrons. The van der Waals surface area contributed by atoms with E-state index in [1.54, 1.807) is 24.3 Å². The molecule has 6 heteroatoms. The van der Waals surface area contributed by atoms with Crippen molar-refractivity contribution >= 4 is 40.5 Å². The van der Waals surface area contributed by atoms with Gasteiger partial charge in [0.2, 0.25) is 0 Å². The van der Waals surface area contributed by atoms with Crippen LogP contribution >= 0.6 is 23.2 Å². The number of Topliss-reactive ketones (excluding diaryl/α,β-unsaturated/α-hetero) is 2. The zero-order valence-corrected chi connectivity index (χ0v) is 17.0. The number of nitrogens with one attached hydrogen (secondary N) is 1. The summed E-state index contributed by atoms with van der Waals surface area (Å²) >= 11 is 11.8. The summed E-state index contributed by atoms with van der Waals surface area (Å²) < 4.78 is 0. The van der Waals surface area contributed by atoms with Gasteiger partial charge in [-0.05, 0) is 54.2 Å². The molecule has 0 saturated carbocycles. The molecule has 28 heavy (non-hydrogen) atoms. The molecule has 0 aromatic heterocycles. The standard InChI is InChI=1S/C22H23Cl2NO3/c23-18-5-1-15(2-6-18)9-17(10-20(25)13-22(28)14-26)12-21(27)11-16-3-7-19(24)8-4-16/h1-8,17,25-26H,9-14H2/t17-/m0/s1. The van der Waals surface area contributed by atoms with Crippen LogP contribution < -0.4 is 0 Å². The van der Waals surface area contributed by atoms with Crippen molar-refractivity contribution in [2.75, 3.05) is 6.61 Å². The molecule has 0 bridgehead atoms. The van der Waals surface area contributed by atoms with Crippen molar-refractivity contribution < 1.29 is 14.7 Å². The Bertz CT molecular complexity index is 817.